The van der Waals surface area contributed by atoms with E-state index < -0.39 is 0 Å². The highest BCUT2D eigenvalue weighted by Gasteiger charge is 2.10. The number of imidazole rings is 1. The van der Waals surface area contributed by atoms with Gasteiger partial charge in [-0.1, -0.05) is 23.2 Å². The molecule has 0 N–H and O–H groups in total. The Labute approximate surface area is 132 Å². The Balaban J connectivity index is 2.07. The average Bonchev–Trinajstić information content (AvgIpc) is 2.96. The summed E-state index contributed by atoms with van der Waals surface area (Å²) in [4.78, 5) is 4.41. The lowest BCUT2D eigenvalue weighted by atomic mass is 10.2. The van der Waals surface area contributed by atoms with E-state index in [1.165, 1.54) is 0 Å². The number of methoxy groups -OCH3 is 1. The highest BCUT2D eigenvalue weighted by molar-refractivity contribution is 6.35. The minimum absolute atomic E-state index is 0.579. The van der Waals surface area contributed by atoms with Crippen LogP contribution in [0.4, 0.5) is 0 Å². The lowest BCUT2D eigenvalue weighted by molar-refractivity contribution is 0.415. The van der Waals surface area contributed by atoms with Gasteiger partial charge in [-0.05, 0) is 42.5 Å². The number of rotatable bonds is 3. The normalized spacial score (nSPS) is 10.6. The van der Waals surface area contributed by atoms with E-state index in [2.05, 4.69) is 4.98 Å². The van der Waals surface area contributed by atoms with Gasteiger partial charge in [0.25, 0.3) is 0 Å². The van der Waals surface area contributed by atoms with E-state index in [9.17, 15) is 0 Å². The molecule has 0 amide bonds. The van der Waals surface area contributed by atoms with Gasteiger partial charge in [-0.3, -0.25) is 4.57 Å². The number of hydrogen-bond acceptors (Lipinski definition) is 2. The van der Waals surface area contributed by atoms with Gasteiger partial charge in [-0.2, -0.15) is 0 Å². The molecule has 0 unspecified atom stereocenters. The van der Waals surface area contributed by atoms with Crippen molar-refractivity contribution < 1.29 is 4.74 Å². The predicted octanol–water partition coefficient (Wildman–Crippen LogP) is 4.85. The van der Waals surface area contributed by atoms with Crippen molar-refractivity contribution in [2.24, 2.45) is 0 Å². The number of nitrogens with zero attached hydrogens (tertiary/aromatic N) is 2. The summed E-state index contributed by atoms with van der Waals surface area (Å²) in [6, 6.07) is 13.1. The first-order chi connectivity index (χ1) is 10.2. The minimum Gasteiger partial charge on any atom is -0.497 e. The summed E-state index contributed by atoms with van der Waals surface area (Å²) < 4.78 is 7.10. The van der Waals surface area contributed by atoms with Crippen molar-refractivity contribution in [2.45, 2.75) is 0 Å². The quantitative estimate of drug-likeness (QED) is 0.690. The summed E-state index contributed by atoms with van der Waals surface area (Å²) in [5.74, 6) is 1.61. The molecular formula is C16H12Cl2N2O. The number of hydrogen-bond donors (Lipinski definition) is 0. The minimum atomic E-state index is 0.579. The summed E-state index contributed by atoms with van der Waals surface area (Å²) in [7, 11) is 1.64. The lowest BCUT2D eigenvalue weighted by Gasteiger charge is -2.10. The van der Waals surface area contributed by atoms with Crippen LogP contribution in [-0.4, -0.2) is 16.7 Å². The summed E-state index contributed by atoms with van der Waals surface area (Å²) in [5.41, 5.74) is 1.82. The van der Waals surface area contributed by atoms with Crippen LogP contribution in [0.5, 0.6) is 5.75 Å². The Hall–Kier alpha value is -1.97. The van der Waals surface area contributed by atoms with E-state index in [-0.39, 0.29) is 0 Å². The Kier molecular flexibility index (Phi) is 3.86. The molecule has 0 saturated carbocycles. The van der Waals surface area contributed by atoms with E-state index in [4.69, 9.17) is 27.9 Å². The molecule has 21 heavy (non-hydrogen) atoms. The summed E-state index contributed by atoms with van der Waals surface area (Å²) in [6.45, 7) is 0. The topological polar surface area (TPSA) is 27.1 Å². The number of benzene rings is 2. The monoisotopic (exact) mass is 318 g/mol. The molecule has 0 spiro atoms. The average molecular weight is 319 g/mol. The second kappa shape index (κ2) is 5.80. The zero-order valence-electron chi connectivity index (χ0n) is 11.3. The molecule has 0 atom stereocenters. The largest absolute Gasteiger partial charge is 0.497 e. The van der Waals surface area contributed by atoms with Crippen molar-refractivity contribution in [1.29, 1.82) is 0 Å². The van der Waals surface area contributed by atoms with Crippen LogP contribution in [0.15, 0.2) is 54.9 Å². The van der Waals surface area contributed by atoms with E-state index in [0.717, 1.165) is 22.8 Å². The fourth-order valence-corrected chi connectivity index (χ4v) is 2.63. The Morgan fingerprint density at radius 2 is 1.81 bits per heavy atom. The summed E-state index contributed by atoms with van der Waals surface area (Å²) >= 11 is 12.2. The molecule has 3 aromatic rings. The van der Waals surface area contributed by atoms with Gasteiger partial charge in [-0.15, -0.1) is 0 Å². The Morgan fingerprint density at radius 3 is 2.48 bits per heavy atom. The third-order valence-electron chi connectivity index (χ3n) is 3.16. The third-order valence-corrected chi connectivity index (χ3v) is 3.70. The molecule has 2 aromatic carbocycles. The second-order valence-electron chi connectivity index (χ2n) is 4.45. The smallest absolute Gasteiger partial charge is 0.144 e. The van der Waals surface area contributed by atoms with Gasteiger partial charge in [-0.25, -0.2) is 4.98 Å². The molecule has 0 aliphatic rings. The van der Waals surface area contributed by atoms with Crippen LogP contribution < -0.4 is 4.74 Å². The maximum Gasteiger partial charge on any atom is 0.144 e. The fourth-order valence-electron chi connectivity index (χ4n) is 2.13. The zero-order valence-corrected chi connectivity index (χ0v) is 12.8. The maximum atomic E-state index is 6.28. The van der Waals surface area contributed by atoms with Crippen molar-refractivity contribution >= 4 is 23.2 Å². The van der Waals surface area contributed by atoms with Gasteiger partial charge in [0.15, 0.2) is 0 Å². The molecule has 1 aromatic heterocycles. The standard InChI is InChI=1S/C16H12Cl2N2O/c1-21-13-5-2-11(3-6-13)16-19-8-9-20(16)15-7-4-12(17)10-14(15)18/h2-10H,1H3. The molecule has 106 valence electrons. The summed E-state index contributed by atoms with van der Waals surface area (Å²) in [6.07, 6.45) is 3.61. The first kappa shape index (κ1) is 14.0. The van der Waals surface area contributed by atoms with Crippen LogP contribution in [0.2, 0.25) is 10.0 Å². The van der Waals surface area contributed by atoms with Crippen molar-refractivity contribution in [3.05, 3.63) is 64.9 Å². The third kappa shape index (κ3) is 2.75. The molecule has 3 nitrogen and oxygen atoms in total. The van der Waals surface area contributed by atoms with Crippen molar-refractivity contribution in [3.8, 4) is 22.8 Å². The van der Waals surface area contributed by atoms with Crippen LogP contribution >= 0.6 is 23.2 Å². The molecule has 0 aliphatic carbocycles. The van der Waals surface area contributed by atoms with Crippen molar-refractivity contribution in [1.82, 2.24) is 9.55 Å². The highest BCUT2D eigenvalue weighted by atomic mass is 35.5. The number of aromatic nitrogens is 2. The Bertz CT molecular complexity index is 766. The molecule has 0 aliphatic heterocycles. The summed E-state index contributed by atoms with van der Waals surface area (Å²) in [5, 5.41) is 1.19. The van der Waals surface area contributed by atoms with Crippen molar-refractivity contribution in [3.63, 3.8) is 0 Å². The van der Waals surface area contributed by atoms with Crippen LogP contribution in [0.25, 0.3) is 17.1 Å². The molecule has 0 fully saturated rings. The first-order valence-corrected chi connectivity index (χ1v) is 7.08. The fraction of sp³-hybridized carbons (Fsp3) is 0.0625. The van der Waals surface area contributed by atoms with Gasteiger partial charge in [0.1, 0.15) is 11.6 Å². The van der Waals surface area contributed by atoms with Gasteiger partial charge in [0.2, 0.25) is 0 Å². The maximum absolute atomic E-state index is 6.28. The number of ether oxygens (including phenoxy) is 1. The molecule has 5 heteroatoms. The Morgan fingerprint density at radius 1 is 1.05 bits per heavy atom. The number of halogens is 2. The zero-order chi connectivity index (χ0) is 14.8. The van der Waals surface area contributed by atoms with Gasteiger partial charge in [0, 0.05) is 23.0 Å². The lowest BCUT2D eigenvalue weighted by Crippen LogP contribution is -1.97. The SMILES string of the molecule is COc1ccc(-c2nccn2-c2ccc(Cl)cc2Cl)cc1. The van der Waals surface area contributed by atoms with Crippen LogP contribution in [0.1, 0.15) is 0 Å². The van der Waals surface area contributed by atoms with E-state index in [0.29, 0.717) is 10.0 Å². The highest BCUT2D eigenvalue weighted by Crippen LogP contribution is 2.29. The predicted molar refractivity (Wildman–Crippen MR) is 85.6 cm³/mol. The van der Waals surface area contributed by atoms with Crippen LogP contribution in [0.3, 0.4) is 0 Å². The van der Waals surface area contributed by atoms with Gasteiger partial charge in [0.05, 0.1) is 17.8 Å². The molecule has 3 rings (SSSR count). The van der Waals surface area contributed by atoms with Crippen molar-refractivity contribution in [2.75, 3.05) is 7.11 Å². The molecule has 0 saturated heterocycles. The van der Waals surface area contributed by atoms with Crippen LogP contribution in [-0.2, 0) is 0 Å². The van der Waals surface area contributed by atoms with Gasteiger partial charge < -0.3 is 4.74 Å². The van der Waals surface area contributed by atoms with E-state index in [1.807, 2.05) is 41.1 Å². The van der Waals surface area contributed by atoms with Gasteiger partial charge >= 0.3 is 0 Å². The molecule has 0 radical (unpaired) electrons. The molecule has 1 heterocycles. The van der Waals surface area contributed by atoms with E-state index >= 15 is 0 Å². The molecular weight excluding hydrogens is 307 g/mol. The van der Waals surface area contributed by atoms with Crippen LogP contribution in [0, 0.1) is 0 Å². The first-order valence-electron chi connectivity index (χ1n) is 6.32. The molecule has 0 bridgehead atoms. The van der Waals surface area contributed by atoms with E-state index in [1.54, 1.807) is 25.4 Å². The second-order valence-corrected chi connectivity index (χ2v) is 5.29.